The predicted molar refractivity (Wildman–Crippen MR) is 127 cm³/mol. The number of nitrogens with zero attached hydrogens (tertiary/aromatic N) is 8. The monoisotopic (exact) mass is 470 g/mol. The third-order valence-corrected chi connectivity index (χ3v) is 7.43. The molecule has 1 atom stereocenters. The van der Waals surface area contributed by atoms with E-state index < -0.39 is 0 Å². The summed E-state index contributed by atoms with van der Waals surface area (Å²) in [6, 6.07) is -0.373. The van der Waals surface area contributed by atoms with Crippen LogP contribution in [-0.2, 0) is 4.79 Å². The number of carbonyl (C=O) groups excluding carboxylic acids is 1. The Morgan fingerprint density at radius 2 is 1.97 bits per heavy atom. The molecule has 5 rings (SSSR count). The van der Waals surface area contributed by atoms with Crippen LogP contribution in [0.3, 0.4) is 0 Å². The molecule has 4 heterocycles. The van der Waals surface area contributed by atoms with Gasteiger partial charge in [-0.3, -0.25) is 4.79 Å². The van der Waals surface area contributed by atoms with E-state index in [4.69, 9.17) is 5.73 Å². The molecule has 12 heteroatoms. The van der Waals surface area contributed by atoms with Crippen LogP contribution < -0.4 is 11.1 Å². The molecule has 11 nitrogen and oxygen atoms in total. The minimum absolute atomic E-state index is 0.129. The SMILES string of the molecule is CCN1CCN(C(=O)[C@@H](Nc2nc(N)n3nc(-c4nccs4)nc3n2)C2CCCCC2)CC1. The molecular formula is C21H30N10OS. The Morgan fingerprint density at radius 3 is 2.67 bits per heavy atom. The van der Waals surface area contributed by atoms with Crippen LogP contribution in [0.2, 0.25) is 0 Å². The number of anilines is 2. The van der Waals surface area contributed by atoms with E-state index >= 15 is 0 Å². The average Bonchev–Trinajstić information content (AvgIpc) is 3.53. The van der Waals surface area contributed by atoms with Gasteiger partial charge in [0.2, 0.25) is 23.6 Å². The van der Waals surface area contributed by atoms with Crippen molar-refractivity contribution < 1.29 is 4.79 Å². The van der Waals surface area contributed by atoms with Crippen LogP contribution in [0.15, 0.2) is 11.6 Å². The number of fused-ring (bicyclic) bond motifs is 1. The molecule has 1 aliphatic carbocycles. The van der Waals surface area contributed by atoms with Gasteiger partial charge in [0, 0.05) is 37.8 Å². The lowest BCUT2D eigenvalue weighted by Gasteiger charge is -2.38. The zero-order chi connectivity index (χ0) is 22.8. The Labute approximate surface area is 196 Å². The summed E-state index contributed by atoms with van der Waals surface area (Å²) < 4.78 is 1.41. The topological polar surface area (TPSA) is 130 Å². The number of hydrogen-bond donors (Lipinski definition) is 2. The second-order valence-electron chi connectivity index (χ2n) is 8.67. The summed E-state index contributed by atoms with van der Waals surface area (Å²) in [5, 5.41) is 10.3. The number of likely N-dealkylation sites (N-methyl/N-ethyl adjacent to an activating group) is 1. The molecule has 0 spiro atoms. The van der Waals surface area contributed by atoms with Crippen LogP contribution in [0.4, 0.5) is 11.9 Å². The number of aromatic nitrogens is 6. The molecule has 0 aromatic carbocycles. The van der Waals surface area contributed by atoms with E-state index in [-0.39, 0.29) is 23.8 Å². The van der Waals surface area contributed by atoms with Crippen LogP contribution in [-0.4, -0.2) is 84.0 Å². The third-order valence-electron chi connectivity index (χ3n) is 6.66. The Bertz CT molecular complexity index is 1090. The summed E-state index contributed by atoms with van der Waals surface area (Å²) >= 11 is 1.44. The molecule has 0 radical (unpaired) electrons. The molecule has 3 aromatic heterocycles. The summed E-state index contributed by atoms with van der Waals surface area (Å²) in [4.78, 5) is 35.6. The van der Waals surface area contributed by atoms with Crippen LogP contribution >= 0.6 is 11.3 Å². The van der Waals surface area contributed by atoms with Crippen LogP contribution in [0, 0.1) is 5.92 Å². The highest BCUT2D eigenvalue weighted by Crippen LogP contribution is 2.29. The minimum Gasteiger partial charge on any atom is -0.368 e. The number of thiazole rings is 1. The minimum atomic E-state index is -0.373. The van der Waals surface area contributed by atoms with E-state index in [0.29, 0.717) is 22.6 Å². The summed E-state index contributed by atoms with van der Waals surface area (Å²) in [6.07, 6.45) is 7.26. The van der Waals surface area contributed by atoms with E-state index in [0.717, 1.165) is 58.4 Å². The van der Waals surface area contributed by atoms with Gasteiger partial charge in [0.15, 0.2) is 5.01 Å². The van der Waals surface area contributed by atoms with Crippen LogP contribution in [0.1, 0.15) is 39.0 Å². The van der Waals surface area contributed by atoms with Crippen molar-refractivity contribution in [1.29, 1.82) is 0 Å². The van der Waals surface area contributed by atoms with E-state index in [1.54, 1.807) is 6.20 Å². The number of piperazine rings is 1. The van der Waals surface area contributed by atoms with Crippen molar-refractivity contribution in [3.05, 3.63) is 11.6 Å². The Hall–Kier alpha value is -2.86. The zero-order valence-electron chi connectivity index (χ0n) is 18.9. The number of nitrogens with one attached hydrogen (secondary N) is 1. The van der Waals surface area contributed by atoms with Crippen molar-refractivity contribution in [2.45, 2.75) is 45.1 Å². The van der Waals surface area contributed by atoms with Crippen molar-refractivity contribution in [3.8, 4) is 10.8 Å². The van der Waals surface area contributed by atoms with Gasteiger partial charge in [-0.2, -0.15) is 19.5 Å². The van der Waals surface area contributed by atoms with Crippen molar-refractivity contribution >= 4 is 34.9 Å². The molecule has 33 heavy (non-hydrogen) atoms. The molecule has 3 N–H and O–H groups in total. The standard InChI is InChI=1S/C21H30N10OS/c1-2-29-9-11-30(12-10-29)18(32)15(14-6-4-3-5-7-14)24-20-26-19(22)31-21(27-20)25-16(28-31)17-23-8-13-33-17/h8,13-15H,2-7,9-12H2,1H3,(H3,22,24,25,26,27,28)/t15-/m0/s1. The van der Waals surface area contributed by atoms with Gasteiger partial charge in [-0.1, -0.05) is 26.2 Å². The number of hydrogen-bond acceptors (Lipinski definition) is 10. The maximum Gasteiger partial charge on any atom is 0.259 e. The highest BCUT2D eigenvalue weighted by Gasteiger charge is 2.34. The average molecular weight is 471 g/mol. The quantitative estimate of drug-likeness (QED) is 0.553. The maximum absolute atomic E-state index is 13.6. The van der Waals surface area contributed by atoms with E-state index in [2.05, 4.69) is 42.2 Å². The van der Waals surface area contributed by atoms with Gasteiger partial charge in [0.05, 0.1) is 0 Å². The first kappa shape index (κ1) is 22.0. The molecule has 1 aliphatic heterocycles. The van der Waals surface area contributed by atoms with Gasteiger partial charge < -0.3 is 20.9 Å². The van der Waals surface area contributed by atoms with E-state index in [1.165, 1.54) is 22.3 Å². The summed E-state index contributed by atoms with van der Waals surface area (Å²) in [6.45, 7) is 6.50. The van der Waals surface area contributed by atoms with Crippen molar-refractivity contribution in [1.82, 2.24) is 39.3 Å². The summed E-state index contributed by atoms with van der Waals surface area (Å²) in [7, 11) is 0. The van der Waals surface area contributed by atoms with Gasteiger partial charge in [0.25, 0.3) is 5.78 Å². The smallest absolute Gasteiger partial charge is 0.259 e. The van der Waals surface area contributed by atoms with E-state index in [9.17, 15) is 4.79 Å². The first-order chi connectivity index (χ1) is 16.1. The zero-order valence-corrected chi connectivity index (χ0v) is 19.7. The molecular weight excluding hydrogens is 440 g/mol. The normalized spacial score (nSPS) is 19.1. The van der Waals surface area contributed by atoms with Gasteiger partial charge >= 0.3 is 0 Å². The van der Waals surface area contributed by atoms with Gasteiger partial charge in [-0.15, -0.1) is 16.4 Å². The first-order valence-corrected chi connectivity index (χ1v) is 12.6. The summed E-state index contributed by atoms with van der Waals surface area (Å²) in [5.41, 5.74) is 6.18. The van der Waals surface area contributed by atoms with Crippen LogP contribution in [0.5, 0.6) is 0 Å². The Kier molecular flexibility index (Phi) is 6.36. The predicted octanol–water partition coefficient (Wildman–Crippen LogP) is 1.75. The largest absolute Gasteiger partial charge is 0.368 e. The second-order valence-corrected chi connectivity index (χ2v) is 9.56. The lowest BCUT2D eigenvalue weighted by atomic mass is 9.83. The fourth-order valence-corrected chi connectivity index (χ4v) is 5.33. The number of nitrogen functional groups attached to an aromatic ring is 1. The van der Waals surface area contributed by atoms with Gasteiger partial charge in [-0.05, 0) is 25.3 Å². The van der Waals surface area contributed by atoms with Crippen molar-refractivity contribution in [2.75, 3.05) is 43.8 Å². The van der Waals surface area contributed by atoms with Crippen molar-refractivity contribution in [2.24, 2.45) is 5.92 Å². The lowest BCUT2D eigenvalue weighted by molar-refractivity contribution is -0.135. The van der Waals surface area contributed by atoms with Gasteiger partial charge in [0.1, 0.15) is 6.04 Å². The first-order valence-electron chi connectivity index (χ1n) is 11.7. The molecule has 3 aromatic rings. The highest BCUT2D eigenvalue weighted by atomic mass is 32.1. The molecule has 176 valence electrons. The second kappa shape index (κ2) is 9.56. The Morgan fingerprint density at radius 1 is 1.18 bits per heavy atom. The van der Waals surface area contributed by atoms with Gasteiger partial charge in [-0.25, -0.2) is 4.98 Å². The summed E-state index contributed by atoms with van der Waals surface area (Å²) in [5.74, 6) is 1.65. The molecule has 2 fully saturated rings. The number of carbonyl (C=O) groups is 1. The molecule has 2 aliphatic rings. The molecule has 1 saturated heterocycles. The fraction of sp³-hybridized carbons (Fsp3) is 0.619. The number of nitrogens with two attached hydrogens (primary N) is 1. The number of rotatable bonds is 6. The highest BCUT2D eigenvalue weighted by molar-refractivity contribution is 7.13. The molecule has 0 bridgehead atoms. The van der Waals surface area contributed by atoms with E-state index in [1.807, 2.05) is 10.3 Å². The molecule has 1 amide bonds. The van der Waals surface area contributed by atoms with Crippen molar-refractivity contribution in [3.63, 3.8) is 0 Å². The van der Waals surface area contributed by atoms with Crippen LogP contribution in [0.25, 0.3) is 16.6 Å². The Balaban J connectivity index is 1.40. The molecule has 0 unspecified atom stereocenters. The third kappa shape index (κ3) is 4.62. The fourth-order valence-electron chi connectivity index (χ4n) is 4.76. The lowest BCUT2D eigenvalue weighted by Crippen LogP contribution is -2.54. The number of amides is 1. The molecule has 1 saturated carbocycles. The maximum atomic E-state index is 13.6.